The summed E-state index contributed by atoms with van der Waals surface area (Å²) in [6.07, 6.45) is 6.07. The number of anilines is 1. The molecule has 0 amide bonds. The van der Waals surface area contributed by atoms with Gasteiger partial charge in [-0.25, -0.2) is 9.37 Å². The zero-order chi connectivity index (χ0) is 23.8. The fraction of sp³-hybridized carbons (Fsp3) is 0.538. The Hall–Kier alpha value is -2.29. The van der Waals surface area contributed by atoms with E-state index in [-0.39, 0.29) is 23.4 Å². The molecule has 2 saturated heterocycles. The van der Waals surface area contributed by atoms with Gasteiger partial charge in [0.2, 0.25) is 0 Å². The molecule has 0 saturated carbocycles. The molecule has 3 aromatic rings. The predicted molar refractivity (Wildman–Crippen MR) is 136 cm³/mol. The van der Waals surface area contributed by atoms with Gasteiger partial charge >= 0.3 is 0 Å². The van der Waals surface area contributed by atoms with Crippen LogP contribution in [0.1, 0.15) is 44.4 Å². The highest BCUT2D eigenvalue weighted by molar-refractivity contribution is 7.18. The minimum absolute atomic E-state index is 0.187. The molecule has 5 rings (SSSR count). The standard InChI is InChI=1S/C26H33FN4O2S/c1-17(2)24(32)8-6-20-14-22-25(34-20)26(33)31(16-28-22)18-5-7-23(21(27)13-18)30-12-9-19(15-30)29-10-3-4-11-29/h5,7,13-14,16-17,19,24,32H,3-4,6,8-12,15H2,1-2H3/t19-,24?/m1/s1. The molecule has 2 aromatic heterocycles. The van der Waals surface area contributed by atoms with Gasteiger partial charge in [-0.05, 0) is 69.3 Å². The molecule has 1 aromatic carbocycles. The minimum atomic E-state index is -0.363. The van der Waals surface area contributed by atoms with Crippen molar-refractivity contribution in [2.45, 2.75) is 58.1 Å². The van der Waals surface area contributed by atoms with E-state index in [2.05, 4.69) is 14.8 Å². The first-order valence-electron chi connectivity index (χ1n) is 12.4. The first kappa shape index (κ1) is 23.5. The molecule has 34 heavy (non-hydrogen) atoms. The summed E-state index contributed by atoms with van der Waals surface area (Å²) in [7, 11) is 0. The largest absolute Gasteiger partial charge is 0.393 e. The second-order valence-electron chi connectivity index (χ2n) is 9.96. The number of fused-ring (bicyclic) bond motifs is 1. The second kappa shape index (κ2) is 9.76. The van der Waals surface area contributed by atoms with Crippen LogP contribution in [-0.4, -0.2) is 57.9 Å². The van der Waals surface area contributed by atoms with Crippen LogP contribution >= 0.6 is 11.3 Å². The van der Waals surface area contributed by atoms with Gasteiger partial charge in [0.25, 0.3) is 5.56 Å². The number of thiophene rings is 1. The number of nitrogens with zero attached hydrogens (tertiary/aromatic N) is 4. The van der Waals surface area contributed by atoms with Crippen LogP contribution in [0.3, 0.4) is 0 Å². The number of halogens is 1. The van der Waals surface area contributed by atoms with E-state index >= 15 is 4.39 Å². The number of aromatic nitrogens is 2. The number of hydrogen-bond donors (Lipinski definition) is 1. The lowest BCUT2D eigenvalue weighted by Crippen LogP contribution is -2.35. The minimum Gasteiger partial charge on any atom is -0.393 e. The third kappa shape index (κ3) is 4.63. The Balaban J connectivity index is 1.34. The molecule has 1 unspecified atom stereocenters. The van der Waals surface area contributed by atoms with Gasteiger partial charge in [-0.1, -0.05) is 13.8 Å². The average molecular weight is 485 g/mol. The molecule has 1 N–H and O–H groups in total. The highest BCUT2D eigenvalue weighted by Gasteiger charge is 2.30. The molecular formula is C26H33FN4O2S. The van der Waals surface area contributed by atoms with E-state index in [0.717, 1.165) is 37.5 Å². The Morgan fingerprint density at radius 3 is 2.74 bits per heavy atom. The molecule has 182 valence electrons. The summed E-state index contributed by atoms with van der Waals surface area (Å²) in [5.41, 5.74) is 1.56. The van der Waals surface area contributed by atoms with Crippen molar-refractivity contribution in [3.8, 4) is 5.69 Å². The molecule has 2 aliphatic rings. The van der Waals surface area contributed by atoms with Gasteiger partial charge in [0.05, 0.1) is 23.0 Å². The van der Waals surface area contributed by atoms with E-state index in [4.69, 9.17) is 0 Å². The number of likely N-dealkylation sites (tertiary alicyclic amines) is 1. The highest BCUT2D eigenvalue weighted by Crippen LogP contribution is 2.29. The topological polar surface area (TPSA) is 61.6 Å². The molecular weight excluding hydrogens is 451 g/mol. The zero-order valence-electron chi connectivity index (χ0n) is 19.9. The number of aliphatic hydroxyl groups excluding tert-OH is 1. The van der Waals surface area contributed by atoms with Crippen molar-refractivity contribution in [3.63, 3.8) is 0 Å². The first-order chi connectivity index (χ1) is 16.4. The summed E-state index contributed by atoms with van der Waals surface area (Å²) >= 11 is 1.41. The maximum atomic E-state index is 15.2. The smallest absolute Gasteiger partial charge is 0.275 e. The lowest BCUT2D eigenvalue weighted by Gasteiger charge is -2.24. The summed E-state index contributed by atoms with van der Waals surface area (Å²) in [5.74, 6) is -0.102. The Morgan fingerprint density at radius 2 is 2.00 bits per heavy atom. The monoisotopic (exact) mass is 484 g/mol. The van der Waals surface area contributed by atoms with Gasteiger partial charge in [0.15, 0.2) is 0 Å². The van der Waals surface area contributed by atoms with Crippen LogP contribution in [0.4, 0.5) is 10.1 Å². The van der Waals surface area contributed by atoms with Gasteiger partial charge in [-0.2, -0.15) is 0 Å². The first-order valence-corrected chi connectivity index (χ1v) is 13.2. The number of hydrogen-bond acceptors (Lipinski definition) is 6. The average Bonchev–Trinajstić information content (AvgIpc) is 3.58. The van der Waals surface area contributed by atoms with E-state index in [0.29, 0.717) is 40.5 Å². The molecule has 6 nitrogen and oxygen atoms in total. The van der Waals surface area contributed by atoms with Crippen LogP contribution in [0.2, 0.25) is 0 Å². The van der Waals surface area contributed by atoms with Crippen molar-refractivity contribution >= 4 is 27.2 Å². The van der Waals surface area contributed by atoms with Crippen LogP contribution in [0.25, 0.3) is 15.9 Å². The summed E-state index contributed by atoms with van der Waals surface area (Å²) in [6.45, 7) is 8.01. The SMILES string of the molecule is CC(C)C(O)CCc1cc2ncn(-c3ccc(N4CC[C@@H](N5CCCC5)C4)c(F)c3)c(=O)c2s1. The fourth-order valence-corrected chi connectivity index (χ4v) is 6.21. The Morgan fingerprint density at radius 1 is 1.21 bits per heavy atom. The summed E-state index contributed by atoms with van der Waals surface area (Å²) < 4.78 is 17.2. The lowest BCUT2D eigenvalue weighted by molar-refractivity contribution is 0.117. The number of benzene rings is 1. The summed E-state index contributed by atoms with van der Waals surface area (Å²) in [5, 5.41) is 10.1. The van der Waals surface area contributed by atoms with Crippen LogP contribution < -0.4 is 10.5 Å². The van der Waals surface area contributed by atoms with E-state index in [1.54, 1.807) is 6.07 Å². The van der Waals surface area contributed by atoms with Crippen molar-refractivity contribution in [3.05, 3.63) is 51.6 Å². The lowest BCUT2D eigenvalue weighted by atomic mass is 10.0. The molecule has 0 spiro atoms. The predicted octanol–water partition coefficient (Wildman–Crippen LogP) is 4.21. The van der Waals surface area contributed by atoms with Crippen LogP contribution in [0.15, 0.2) is 35.4 Å². The van der Waals surface area contributed by atoms with Crippen molar-refractivity contribution in [1.82, 2.24) is 14.5 Å². The zero-order valence-corrected chi connectivity index (χ0v) is 20.7. The molecule has 2 fully saturated rings. The molecule has 2 atom stereocenters. The van der Waals surface area contributed by atoms with Crippen molar-refractivity contribution in [1.29, 1.82) is 0 Å². The van der Waals surface area contributed by atoms with Crippen molar-refractivity contribution < 1.29 is 9.50 Å². The van der Waals surface area contributed by atoms with Crippen LogP contribution in [-0.2, 0) is 6.42 Å². The van der Waals surface area contributed by atoms with E-state index in [1.807, 2.05) is 26.0 Å². The van der Waals surface area contributed by atoms with Crippen LogP contribution in [0.5, 0.6) is 0 Å². The maximum Gasteiger partial charge on any atom is 0.275 e. The third-order valence-electron chi connectivity index (χ3n) is 7.32. The normalized spacial score (nSPS) is 20.1. The Bertz CT molecular complexity index is 1220. The highest BCUT2D eigenvalue weighted by atomic mass is 32.1. The number of aryl methyl sites for hydroxylation is 1. The van der Waals surface area contributed by atoms with Crippen molar-refractivity contribution in [2.24, 2.45) is 5.92 Å². The molecule has 0 aliphatic carbocycles. The Labute approximate surface area is 203 Å². The van der Waals surface area contributed by atoms with Gasteiger partial charge in [-0.3, -0.25) is 14.3 Å². The number of rotatable bonds is 7. The quantitative estimate of drug-likeness (QED) is 0.544. The van der Waals surface area contributed by atoms with E-state index in [1.165, 1.54) is 41.1 Å². The fourth-order valence-electron chi connectivity index (χ4n) is 5.16. The van der Waals surface area contributed by atoms with Crippen molar-refractivity contribution in [2.75, 3.05) is 31.1 Å². The van der Waals surface area contributed by atoms with Gasteiger partial charge in [-0.15, -0.1) is 11.3 Å². The summed E-state index contributed by atoms with van der Waals surface area (Å²) in [6, 6.07) is 7.48. The molecule has 4 heterocycles. The van der Waals surface area contributed by atoms with E-state index < -0.39 is 0 Å². The Kier molecular flexibility index (Phi) is 6.73. The molecule has 2 aliphatic heterocycles. The molecule has 0 bridgehead atoms. The molecule has 0 radical (unpaired) electrons. The third-order valence-corrected chi connectivity index (χ3v) is 8.49. The van der Waals surface area contributed by atoms with Crippen LogP contribution in [0, 0.1) is 11.7 Å². The number of aliphatic hydroxyl groups is 1. The van der Waals surface area contributed by atoms with Gasteiger partial charge < -0.3 is 10.0 Å². The second-order valence-corrected chi connectivity index (χ2v) is 11.1. The van der Waals surface area contributed by atoms with E-state index in [9.17, 15) is 9.90 Å². The molecule has 8 heteroatoms. The van der Waals surface area contributed by atoms with Gasteiger partial charge in [0.1, 0.15) is 16.8 Å². The maximum absolute atomic E-state index is 15.2. The summed E-state index contributed by atoms with van der Waals surface area (Å²) in [4.78, 5) is 23.3. The van der Waals surface area contributed by atoms with Gasteiger partial charge in [0, 0.05) is 30.1 Å².